The highest BCUT2D eigenvalue weighted by Crippen LogP contribution is 2.26. The third kappa shape index (κ3) is 6.16. The van der Waals surface area contributed by atoms with Gasteiger partial charge in [-0.15, -0.1) is 0 Å². The van der Waals surface area contributed by atoms with Crippen molar-refractivity contribution >= 4 is 23.2 Å². The van der Waals surface area contributed by atoms with Gasteiger partial charge < -0.3 is 14.5 Å². The fraction of sp³-hybridized carbons (Fsp3) is 0.478. The Hall–Kier alpha value is -2.68. The minimum atomic E-state index is -0.326. The molecule has 1 amide bonds. The van der Waals surface area contributed by atoms with Gasteiger partial charge in [-0.05, 0) is 19.5 Å². The summed E-state index contributed by atoms with van der Waals surface area (Å²) in [5.74, 6) is 0.533. The summed E-state index contributed by atoms with van der Waals surface area (Å²) in [7, 11) is 5.26. The molecule has 8 heteroatoms. The number of ether oxygens (including phenoxy) is 1. The van der Waals surface area contributed by atoms with Gasteiger partial charge in [0.05, 0.1) is 13.5 Å². The van der Waals surface area contributed by atoms with Crippen molar-refractivity contribution in [2.45, 2.75) is 27.2 Å². The standard InChI is InChI=1S/C21H29N4O4.C2H6/c1-16-8-7-11-19(20(16)29-21(26)24-14-12-23(2)13-15-24)25(28-4)18-10-6-5-9-17(18)22-27-3;1-2/h5-10,22H,11-15H2,1-4H3;1-2H3/q+1;/p+1/b25-19-;. The highest BCUT2D eigenvalue weighted by molar-refractivity contribution is 6.00. The second kappa shape index (κ2) is 12.2. The number of benzene rings is 1. The van der Waals surface area contributed by atoms with E-state index in [1.807, 2.05) is 57.2 Å². The van der Waals surface area contributed by atoms with E-state index in [0.717, 1.165) is 35.7 Å². The predicted octanol–water partition coefficient (Wildman–Crippen LogP) is 2.73. The first-order chi connectivity index (χ1) is 15.0. The molecule has 170 valence electrons. The Balaban J connectivity index is 0.00000166. The van der Waals surface area contributed by atoms with Crippen LogP contribution < -0.4 is 5.48 Å². The fourth-order valence-corrected chi connectivity index (χ4v) is 3.45. The van der Waals surface area contributed by atoms with Gasteiger partial charge in [-0.3, -0.25) is 4.84 Å². The third-order valence-electron chi connectivity index (χ3n) is 5.08. The molecule has 2 N–H and O–H groups in total. The van der Waals surface area contributed by atoms with Gasteiger partial charge in [-0.1, -0.05) is 38.1 Å². The van der Waals surface area contributed by atoms with E-state index >= 15 is 0 Å². The van der Waals surface area contributed by atoms with Crippen molar-refractivity contribution in [2.75, 3.05) is 47.4 Å². The molecule has 8 nitrogen and oxygen atoms in total. The second-order valence-corrected chi connectivity index (χ2v) is 7.11. The van der Waals surface area contributed by atoms with Crippen LogP contribution in [-0.4, -0.2) is 73.8 Å². The highest BCUT2D eigenvalue weighted by atomic mass is 16.7. The number of nitrogens with zero attached hydrogens (tertiary/aromatic N) is 3. The minimum Gasteiger partial charge on any atom is -0.403 e. The number of nitrogens with two attached hydrogens (primary N) is 1. The molecule has 0 aromatic heterocycles. The molecule has 1 aliphatic carbocycles. The van der Waals surface area contributed by atoms with Gasteiger partial charge in [0.15, 0.2) is 0 Å². The molecule has 1 fully saturated rings. The number of hydrogen-bond donors (Lipinski definition) is 1. The zero-order valence-corrected chi connectivity index (χ0v) is 19.6. The maximum absolute atomic E-state index is 12.8. The Morgan fingerprint density at radius 1 is 1.10 bits per heavy atom. The van der Waals surface area contributed by atoms with Crippen LogP contribution in [0.3, 0.4) is 0 Å². The lowest BCUT2D eigenvalue weighted by atomic mass is 10.0. The molecule has 1 heterocycles. The molecule has 0 spiro atoms. The zero-order valence-electron chi connectivity index (χ0n) is 19.6. The van der Waals surface area contributed by atoms with Crippen molar-refractivity contribution in [1.82, 2.24) is 9.80 Å². The van der Waals surface area contributed by atoms with Gasteiger partial charge in [-0.2, -0.15) is 5.48 Å². The smallest absolute Gasteiger partial charge is 0.403 e. The van der Waals surface area contributed by atoms with Crippen molar-refractivity contribution in [2.24, 2.45) is 0 Å². The second-order valence-electron chi connectivity index (χ2n) is 7.11. The normalized spacial score (nSPS) is 18.3. The highest BCUT2D eigenvalue weighted by Gasteiger charge is 2.33. The number of quaternary nitrogens is 1. The number of likely N-dealkylation sites (N-methyl/N-ethyl adjacent to an activating group) is 1. The Kier molecular flexibility index (Phi) is 9.71. The van der Waals surface area contributed by atoms with Crippen LogP contribution in [0.4, 0.5) is 16.2 Å². The fourth-order valence-electron chi connectivity index (χ4n) is 3.45. The first-order valence-electron chi connectivity index (χ1n) is 10.7. The van der Waals surface area contributed by atoms with E-state index in [4.69, 9.17) is 14.4 Å². The Morgan fingerprint density at radius 2 is 1.77 bits per heavy atom. The molecule has 31 heavy (non-hydrogen) atoms. The Bertz CT molecular complexity index is 840. The van der Waals surface area contributed by atoms with Crippen molar-refractivity contribution < 1.29 is 29.4 Å². The number of rotatable bonds is 5. The van der Waals surface area contributed by atoms with E-state index in [9.17, 15) is 4.79 Å². The zero-order chi connectivity index (χ0) is 22.8. The van der Waals surface area contributed by atoms with Crippen molar-refractivity contribution in [3.63, 3.8) is 0 Å². The van der Waals surface area contributed by atoms with E-state index < -0.39 is 0 Å². The van der Waals surface area contributed by atoms with Crippen molar-refractivity contribution in [3.05, 3.63) is 47.7 Å². The van der Waals surface area contributed by atoms with Crippen molar-refractivity contribution in [1.29, 1.82) is 0 Å². The predicted molar refractivity (Wildman–Crippen MR) is 120 cm³/mol. The lowest BCUT2D eigenvalue weighted by molar-refractivity contribution is -0.835. The molecule has 0 atom stereocenters. The number of hydrogen-bond acceptors (Lipinski definition) is 5. The Labute approximate surface area is 185 Å². The van der Waals surface area contributed by atoms with Gasteiger partial charge in [0, 0.05) is 43.1 Å². The molecule has 0 saturated carbocycles. The third-order valence-corrected chi connectivity index (χ3v) is 5.08. The average Bonchev–Trinajstić information content (AvgIpc) is 2.79. The quantitative estimate of drug-likeness (QED) is 0.440. The van der Waals surface area contributed by atoms with Crippen LogP contribution in [0.2, 0.25) is 0 Å². The van der Waals surface area contributed by atoms with Gasteiger partial charge in [-0.25, -0.2) is 9.63 Å². The summed E-state index contributed by atoms with van der Waals surface area (Å²) >= 11 is 0. The summed E-state index contributed by atoms with van der Waals surface area (Å²) in [5, 5.41) is 0. The van der Waals surface area contributed by atoms with Crippen LogP contribution in [0.25, 0.3) is 0 Å². The van der Waals surface area contributed by atoms with E-state index in [2.05, 4.69) is 11.9 Å². The summed E-state index contributed by atoms with van der Waals surface area (Å²) < 4.78 is 7.59. The summed E-state index contributed by atoms with van der Waals surface area (Å²) in [4.78, 5) is 27.7. The van der Waals surface area contributed by atoms with Crippen molar-refractivity contribution in [3.8, 4) is 0 Å². The largest absolute Gasteiger partial charge is 0.415 e. The Morgan fingerprint density at radius 3 is 2.42 bits per heavy atom. The first kappa shape index (κ1) is 24.6. The number of carbonyl (C=O) groups excluding carboxylic acids is 1. The summed E-state index contributed by atoms with van der Waals surface area (Å²) in [6.07, 6.45) is 4.26. The molecule has 1 aliphatic heterocycles. The summed E-state index contributed by atoms with van der Waals surface area (Å²) in [6.45, 7) is 8.93. The van der Waals surface area contributed by atoms with Gasteiger partial charge in [0.1, 0.15) is 7.11 Å². The average molecular weight is 433 g/mol. The number of carbonyl (C=O) groups is 1. The molecular weight excluding hydrogens is 396 g/mol. The van der Waals surface area contributed by atoms with E-state index in [-0.39, 0.29) is 6.09 Å². The van der Waals surface area contributed by atoms with E-state index in [1.165, 1.54) is 0 Å². The van der Waals surface area contributed by atoms with Crippen LogP contribution in [-0.2, 0) is 14.4 Å². The lowest BCUT2D eigenvalue weighted by Crippen LogP contribution is -2.76. The maximum Gasteiger partial charge on any atom is 0.415 e. The molecule has 0 bridgehead atoms. The van der Waals surface area contributed by atoms with Crippen LogP contribution in [0.1, 0.15) is 27.2 Å². The number of allylic oxidation sites excluding steroid dienone is 4. The molecule has 1 aromatic carbocycles. The van der Waals surface area contributed by atoms with Gasteiger partial charge in [0.25, 0.3) is 5.71 Å². The van der Waals surface area contributed by atoms with Gasteiger partial charge >= 0.3 is 11.8 Å². The molecule has 3 rings (SSSR count). The molecule has 1 saturated heterocycles. The van der Waals surface area contributed by atoms with Crippen LogP contribution in [0.15, 0.2) is 47.7 Å². The molecule has 0 radical (unpaired) electrons. The SMILES string of the molecule is CC.CO[NH2+]c1ccccc1/[N+](OC)=C1\CC=CC(C)=C1OC(=O)N1CCN(C)CC1. The maximum atomic E-state index is 12.8. The monoisotopic (exact) mass is 432 g/mol. The number of amides is 1. The topological polar surface area (TPSA) is 70.9 Å². The molecule has 2 aliphatic rings. The first-order valence-corrected chi connectivity index (χ1v) is 10.7. The van der Waals surface area contributed by atoms with Crippen LogP contribution in [0, 0.1) is 0 Å². The van der Waals surface area contributed by atoms with Crippen LogP contribution >= 0.6 is 0 Å². The number of para-hydroxylation sites is 1. The summed E-state index contributed by atoms with van der Waals surface area (Å²) in [6, 6.07) is 7.74. The summed E-state index contributed by atoms with van der Waals surface area (Å²) in [5.41, 5.74) is 4.98. The molecule has 0 unspecified atom stereocenters. The lowest BCUT2D eigenvalue weighted by Gasteiger charge is -2.31. The van der Waals surface area contributed by atoms with Gasteiger partial charge in [0.2, 0.25) is 11.4 Å². The molecule has 1 aromatic rings. The van der Waals surface area contributed by atoms with E-state index in [0.29, 0.717) is 25.3 Å². The van der Waals surface area contributed by atoms with Crippen LogP contribution in [0.5, 0.6) is 0 Å². The number of piperazine rings is 1. The van der Waals surface area contributed by atoms with E-state index in [1.54, 1.807) is 29.3 Å². The molecular formula is C23H36N4O4+2. The minimum absolute atomic E-state index is 0.326.